The molecular formula is C14H24N4. The van der Waals surface area contributed by atoms with Gasteiger partial charge in [0.05, 0.1) is 0 Å². The molecule has 1 fully saturated rings. The minimum Gasteiger partial charge on any atom is -0.360 e. The number of pyridine rings is 1. The van der Waals surface area contributed by atoms with E-state index in [1.165, 1.54) is 5.56 Å². The fourth-order valence-electron chi connectivity index (χ4n) is 2.25. The standard InChI is InChI=1S/C14H24N4/c1-4-17(3)14-6-5-13(10-16-14)11-18-8-7-15-9-12(18)2/h5-6,10,12,15H,4,7-9,11H2,1-3H3/t12-/m1/s1. The molecule has 4 nitrogen and oxygen atoms in total. The van der Waals surface area contributed by atoms with Crippen LogP contribution in [0.3, 0.4) is 0 Å². The molecule has 4 heteroatoms. The van der Waals surface area contributed by atoms with Crippen LogP contribution in [0.4, 0.5) is 5.82 Å². The quantitative estimate of drug-likeness (QED) is 0.871. The molecule has 0 bridgehead atoms. The predicted molar refractivity (Wildman–Crippen MR) is 75.9 cm³/mol. The number of hydrogen-bond acceptors (Lipinski definition) is 4. The van der Waals surface area contributed by atoms with Crippen molar-refractivity contribution in [3.8, 4) is 0 Å². The van der Waals surface area contributed by atoms with Gasteiger partial charge in [0.2, 0.25) is 0 Å². The van der Waals surface area contributed by atoms with E-state index in [-0.39, 0.29) is 0 Å². The Hall–Kier alpha value is -1.13. The highest BCUT2D eigenvalue weighted by Crippen LogP contribution is 2.13. The number of rotatable bonds is 4. The Morgan fingerprint density at radius 2 is 2.33 bits per heavy atom. The van der Waals surface area contributed by atoms with E-state index < -0.39 is 0 Å². The summed E-state index contributed by atoms with van der Waals surface area (Å²) in [5.74, 6) is 1.05. The predicted octanol–water partition coefficient (Wildman–Crippen LogP) is 1.33. The fraction of sp³-hybridized carbons (Fsp3) is 0.643. The lowest BCUT2D eigenvalue weighted by Gasteiger charge is -2.33. The van der Waals surface area contributed by atoms with Crippen LogP contribution in [0.25, 0.3) is 0 Å². The van der Waals surface area contributed by atoms with E-state index >= 15 is 0 Å². The number of aromatic nitrogens is 1. The van der Waals surface area contributed by atoms with Crippen LogP contribution in [0.2, 0.25) is 0 Å². The third-order valence-electron chi connectivity index (χ3n) is 3.70. The van der Waals surface area contributed by atoms with Crippen LogP contribution >= 0.6 is 0 Å². The van der Waals surface area contributed by atoms with Crippen LogP contribution in [0.15, 0.2) is 18.3 Å². The Morgan fingerprint density at radius 3 is 2.94 bits per heavy atom. The average Bonchev–Trinajstić information content (AvgIpc) is 2.41. The van der Waals surface area contributed by atoms with E-state index in [4.69, 9.17) is 0 Å². The highest BCUT2D eigenvalue weighted by atomic mass is 15.2. The molecule has 1 aromatic heterocycles. The van der Waals surface area contributed by atoms with E-state index in [1.807, 2.05) is 6.20 Å². The summed E-state index contributed by atoms with van der Waals surface area (Å²) in [7, 11) is 2.07. The molecular weight excluding hydrogens is 224 g/mol. The van der Waals surface area contributed by atoms with Gasteiger partial charge < -0.3 is 10.2 Å². The van der Waals surface area contributed by atoms with Crippen LogP contribution in [0, 0.1) is 0 Å². The molecule has 2 heterocycles. The topological polar surface area (TPSA) is 31.4 Å². The van der Waals surface area contributed by atoms with Crippen molar-refractivity contribution >= 4 is 5.82 Å². The summed E-state index contributed by atoms with van der Waals surface area (Å²) in [5, 5.41) is 3.42. The van der Waals surface area contributed by atoms with Gasteiger partial charge in [0.1, 0.15) is 5.82 Å². The highest BCUT2D eigenvalue weighted by molar-refractivity contribution is 5.37. The second kappa shape index (κ2) is 6.16. The van der Waals surface area contributed by atoms with Crippen molar-refractivity contribution in [3.63, 3.8) is 0 Å². The van der Waals surface area contributed by atoms with Crippen molar-refractivity contribution in [3.05, 3.63) is 23.9 Å². The van der Waals surface area contributed by atoms with E-state index in [0.717, 1.165) is 38.5 Å². The molecule has 0 amide bonds. The molecule has 1 N–H and O–H groups in total. The third-order valence-corrected chi connectivity index (χ3v) is 3.70. The summed E-state index contributed by atoms with van der Waals surface area (Å²) in [6.07, 6.45) is 2.01. The summed E-state index contributed by atoms with van der Waals surface area (Å²) in [6.45, 7) is 9.71. The molecule has 18 heavy (non-hydrogen) atoms. The number of nitrogens with one attached hydrogen (secondary N) is 1. The van der Waals surface area contributed by atoms with Gasteiger partial charge in [0.25, 0.3) is 0 Å². The van der Waals surface area contributed by atoms with Crippen molar-refractivity contribution in [2.24, 2.45) is 0 Å². The first-order valence-electron chi connectivity index (χ1n) is 6.81. The first kappa shape index (κ1) is 13.3. The first-order valence-corrected chi connectivity index (χ1v) is 6.81. The number of nitrogens with zero attached hydrogens (tertiary/aromatic N) is 3. The smallest absolute Gasteiger partial charge is 0.128 e. The number of anilines is 1. The maximum Gasteiger partial charge on any atom is 0.128 e. The van der Waals surface area contributed by atoms with Gasteiger partial charge in [-0.15, -0.1) is 0 Å². The second-order valence-electron chi connectivity index (χ2n) is 5.06. The molecule has 0 aromatic carbocycles. The lowest BCUT2D eigenvalue weighted by atomic mass is 10.2. The van der Waals surface area contributed by atoms with Gasteiger partial charge in [-0.05, 0) is 25.5 Å². The van der Waals surface area contributed by atoms with Gasteiger partial charge >= 0.3 is 0 Å². The lowest BCUT2D eigenvalue weighted by Crippen LogP contribution is -2.49. The molecule has 1 saturated heterocycles. The van der Waals surface area contributed by atoms with Crippen LogP contribution in [-0.4, -0.2) is 49.2 Å². The van der Waals surface area contributed by atoms with E-state index in [9.17, 15) is 0 Å². The molecule has 1 aliphatic heterocycles. The highest BCUT2D eigenvalue weighted by Gasteiger charge is 2.17. The molecule has 100 valence electrons. The minimum absolute atomic E-state index is 0.608. The summed E-state index contributed by atoms with van der Waals surface area (Å²) >= 11 is 0. The Bertz CT molecular complexity index is 363. The number of hydrogen-bond donors (Lipinski definition) is 1. The fourth-order valence-corrected chi connectivity index (χ4v) is 2.25. The minimum atomic E-state index is 0.608. The molecule has 1 aliphatic rings. The van der Waals surface area contributed by atoms with Gasteiger partial charge in [-0.3, -0.25) is 4.90 Å². The molecule has 0 radical (unpaired) electrons. The SMILES string of the molecule is CCN(C)c1ccc(CN2CCNC[C@H]2C)cn1. The monoisotopic (exact) mass is 248 g/mol. The second-order valence-corrected chi connectivity index (χ2v) is 5.06. The molecule has 0 saturated carbocycles. The van der Waals surface area contributed by atoms with Gasteiger partial charge in [0.15, 0.2) is 0 Å². The molecule has 1 aromatic rings. The average molecular weight is 248 g/mol. The van der Waals surface area contributed by atoms with E-state index in [2.05, 4.69) is 53.1 Å². The van der Waals surface area contributed by atoms with Gasteiger partial charge in [-0.2, -0.15) is 0 Å². The Balaban J connectivity index is 1.97. The lowest BCUT2D eigenvalue weighted by molar-refractivity contribution is 0.165. The summed E-state index contributed by atoms with van der Waals surface area (Å²) in [4.78, 5) is 9.18. The molecule has 0 spiro atoms. The van der Waals surface area contributed by atoms with E-state index in [0.29, 0.717) is 6.04 Å². The van der Waals surface area contributed by atoms with Gasteiger partial charge in [0, 0.05) is 52.0 Å². The largest absolute Gasteiger partial charge is 0.360 e. The summed E-state index contributed by atoms with van der Waals surface area (Å²) < 4.78 is 0. The normalized spacial score (nSPS) is 20.9. The molecule has 0 aliphatic carbocycles. The zero-order valence-electron chi connectivity index (χ0n) is 11.7. The maximum absolute atomic E-state index is 4.52. The van der Waals surface area contributed by atoms with Crippen molar-refractivity contribution in [1.29, 1.82) is 0 Å². The Morgan fingerprint density at radius 1 is 1.50 bits per heavy atom. The van der Waals surface area contributed by atoms with Crippen LogP contribution in [0.5, 0.6) is 0 Å². The van der Waals surface area contributed by atoms with Crippen molar-refractivity contribution in [2.45, 2.75) is 26.4 Å². The zero-order chi connectivity index (χ0) is 13.0. The zero-order valence-corrected chi connectivity index (χ0v) is 11.7. The molecule has 2 rings (SSSR count). The van der Waals surface area contributed by atoms with Crippen LogP contribution in [-0.2, 0) is 6.54 Å². The van der Waals surface area contributed by atoms with Gasteiger partial charge in [-0.1, -0.05) is 6.07 Å². The van der Waals surface area contributed by atoms with E-state index in [1.54, 1.807) is 0 Å². The first-order chi connectivity index (χ1) is 8.70. The summed E-state index contributed by atoms with van der Waals surface area (Å²) in [6, 6.07) is 4.92. The maximum atomic E-state index is 4.52. The van der Waals surface area contributed by atoms with Crippen LogP contribution < -0.4 is 10.2 Å². The summed E-state index contributed by atoms with van der Waals surface area (Å²) in [5.41, 5.74) is 1.30. The van der Waals surface area contributed by atoms with Crippen LogP contribution in [0.1, 0.15) is 19.4 Å². The Kier molecular flexibility index (Phi) is 4.55. The van der Waals surface area contributed by atoms with Crippen molar-refractivity contribution < 1.29 is 0 Å². The van der Waals surface area contributed by atoms with Gasteiger partial charge in [-0.25, -0.2) is 4.98 Å². The molecule has 1 atom stereocenters. The Labute approximate surface area is 110 Å². The number of piperazine rings is 1. The third kappa shape index (κ3) is 3.21. The van der Waals surface area contributed by atoms with Crippen molar-refractivity contribution in [2.75, 3.05) is 38.1 Å². The molecule has 0 unspecified atom stereocenters. The van der Waals surface area contributed by atoms with Crippen molar-refractivity contribution in [1.82, 2.24) is 15.2 Å².